The monoisotopic (exact) mass is 466 g/mol. The van der Waals surface area contributed by atoms with Crippen molar-refractivity contribution in [3.8, 4) is 5.75 Å². The van der Waals surface area contributed by atoms with Gasteiger partial charge in [-0.15, -0.1) is 0 Å². The first-order valence-corrected chi connectivity index (χ1v) is 10.7. The van der Waals surface area contributed by atoms with Crippen molar-refractivity contribution in [1.29, 1.82) is 0 Å². The summed E-state index contributed by atoms with van der Waals surface area (Å²) in [5.41, 5.74) is -0.317. The van der Waals surface area contributed by atoms with Crippen LogP contribution in [0.3, 0.4) is 0 Å². The molecule has 1 unspecified atom stereocenters. The van der Waals surface area contributed by atoms with E-state index in [1.165, 1.54) is 25.3 Å². The molecular weight excluding hydrogens is 440 g/mol. The van der Waals surface area contributed by atoms with Gasteiger partial charge in [0.25, 0.3) is 0 Å². The van der Waals surface area contributed by atoms with Gasteiger partial charge in [0.1, 0.15) is 11.6 Å². The van der Waals surface area contributed by atoms with Gasteiger partial charge in [0.15, 0.2) is 0 Å². The summed E-state index contributed by atoms with van der Waals surface area (Å²) in [6, 6.07) is 9.36. The fraction of sp³-hybridized carbons (Fsp3) is 0.417. The van der Waals surface area contributed by atoms with Gasteiger partial charge < -0.3 is 15.4 Å². The fourth-order valence-electron chi connectivity index (χ4n) is 3.99. The zero-order chi connectivity index (χ0) is 24.1. The lowest BCUT2D eigenvalue weighted by Gasteiger charge is -2.29. The van der Waals surface area contributed by atoms with Crippen LogP contribution in [-0.2, 0) is 28.6 Å². The van der Waals surface area contributed by atoms with Crippen LogP contribution in [0.25, 0.3) is 0 Å². The van der Waals surface area contributed by atoms with Gasteiger partial charge in [-0.25, -0.2) is 4.39 Å². The van der Waals surface area contributed by atoms with E-state index in [0.29, 0.717) is 42.6 Å². The molecule has 0 bridgehead atoms. The lowest BCUT2D eigenvalue weighted by atomic mass is 9.84. The van der Waals surface area contributed by atoms with Crippen molar-refractivity contribution in [3.63, 3.8) is 0 Å². The Balaban J connectivity index is 1.52. The Morgan fingerprint density at radius 3 is 2.48 bits per heavy atom. The number of hydrogen-bond donors (Lipinski definition) is 2. The Morgan fingerprint density at radius 1 is 1.18 bits per heavy atom. The molecule has 2 amide bonds. The molecular formula is C24H26F4N2O3. The zero-order valence-corrected chi connectivity index (χ0v) is 18.2. The van der Waals surface area contributed by atoms with Gasteiger partial charge >= 0.3 is 6.18 Å². The normalized spacial score (nSPS) is 18.2. The Labute approximate surface area is 189 Å². The quantitative estimate of drug-likeness (QED) is 0.545. The molecule has 0 aromatic heterocycles. The average Bonchev–Trinajstić information content (AvgIpc) is 3.14. The minimum atomic E-state index is -4.38. The fourth-order valence-corrected chi connectivity index (χ4v) is 3.99. The van der Waals surface area contributed by atoms with Crippen LogP contribution in [0.15, 0.2) is 42.5 Å². The second kappa shape index (κ2) is 10.2. The van der Waals surface area contributed by atoms with Crippen LogP contribution < -0.4 is 15.4 Å². The summed E-state index contributed by atoms with van der Waals surface area (Å²) >= 11 is 0. The molecule has 1 fully saturated rings. The number of ether oxygens (including phenoxy) is 1. The Morgan fingerprint density at radius 2 is 1.91 bits per heavy atom. The minimum Gasteiger partial charge on any atom is -0.497 e. The van der Waals surface area contributed by atoms with E-state index in [1.54, 1.807) is 12.1 Å². The highest BCUT2D eigenvalue weighted by Crippen LogP contribution is 2.31. The maximum atomic E-state index is 14.4. The minimum absolute atomic E-state index is 0.130. The number of halogens is 4. The van der Waals surface area contributed by atoms with E-state index in [0.717, 1.165) is 12.1 Å². The largest absolute Gasteiger partial charge is 0.497 e. The topological polar surface area (TPSA) is 67.4 Å². The third kappa shape index (κ3) is 6.69. The summed E-state index contributed by atoms with van der Waals surface area (Å²) in [5.74, 6) is -0.409. The van der Waals surface area contributed by atoms with Crippen LogP contribution in [-0.4, -0.2) is 31.0 Å². The molecule has 0 saturated carbocycles. The van der Waals surface area contributed by atoms with E-state index >= 15 is 0 Å². The van der Waals surface area contributed by atoms with Crippen LogP contribution >= 0.6 is 0 Å². The Kier molecular flexibility index (Phi) is 7.61. The predicted octanol–water partition coefficient (Wildman–Crippen LogP) is 4.18. The van der Waals surface area contributed by atoms with Crippen LogP contribution in [0.2, 0.25) is 0 Å². The van der Waals surface area contributed by atoms with Gasteiger partial charge in [0, 0.05) is 31.0 Å². The first-order chi connectivity index (χ1) is 15.6. The van der Waals surface area contributed by atoms with Gasteiger partial charge in [-0.1, -0.05) is 18.2 Å². The number of methoxy groups -OCH3 is 1. The van der Waals surface area contributed by atoms with Crippen molar-refractivity contribution in [2.24, 2.45) is 0 Å². The van der Waals surface area contributed by atoms with E-state index in [1.807, 2.05) is 0 Å². The summed E-state index contributed by atoms with van der Waals surface area (Å²) < 4.78 is 57.3. The molecule has 1 aliphatic heterocycles. The SMILES string of the molecule is COc1ccc(CC2(CCC(=O)NCCc3ccc(C(F)(F)F)cc3)CCC(=O)N2)c(F)c1. The van der Waals surface area contributed by atoms with E-state index < -0.39 is 23.1 Å². The third-order valence-electron chi connectivity index (χ3n) is 5.87. The van der Waals surface area contributed by atoms with Gasteiger partial charge in [-0.2, -0.15) is 13.2 Å². The average molecular weight is 466 g/mol. The summed E-state index contributed by atoms with van der Waals surface area (Å²) in [6.07, 6.45) is -2.45. The molecule has 0 aliphatic carbocycles. The number of alkyl halides is 3. The number of hydrogen-bond acceptors (Lipinski definition) is 3. The lowest BCUT2D eigenvalue weighted by molar-refractivity contribution is -0.137. The first-order valence-electron chi connectivity index (χ1n) is 10.7. The zero-order valence-electron chi connectivity index (χ0n) is 18.2. The number of carbonyl (C=O) groups excluding carboxylic acids is 2. The highest BCUT2D eigenvalue weighted by molar-refractivity contribution is 5.80. The van der Waals surface area contributed by atoms with Crippen molar-refractivity contribution < 1.29 is 31.9 Å². The first kappa shape index (κ1) is 24.5. The van der Waals surface area contributed by atoms with Crippen molar-refractivity contribution in [2.45, 2.75) is 50.2 Å². The smallest absolute Gasteiger partial charge is 0.416 e. The van der Waals surface area contributed by atoms with Crippen LogP contribution in [0.1, 0.15) is 42.4 Å². The molecule has 178 valence electrons. The molecule has 2 aromatic carbocycles. The molecule has 2 aromatic rings. The molecule has 3 rings (SSSR count). The number of rotatable bonds is 9. The van der Waals surface area contributed by atoms with E-state index in [4.69, 9.17) is 4.74 Å². The molecule has 2 N–H and O–H groups in total. The van der Waals surface area contributed by atoms with Gasteiger partial charge in [0.05, 0.1) is 12.7 Å². The van der Waals surface area contributed by atoms with Crippen molar-refractivity contribution in [2.75, 3.05) is 13.7 Å². The van der Waals surface area contributed by atoms with Crippen molar-refractivity contribution in [1.82, 2.24) is 10.6 Å². The maximum absolute atomic E-state index is 14.4. The highest BCUT2D eigenvalue weighted by Gasteiger charge is 2.38. The number of benzene rings is 2. The van der Waals surface area contributed by atoms with Crippen molar-refractivity contribution in [3.05, 3.63) is 65.0 Å². The summed E-state index contributed by atoms with van der Waals surface area (Å²) in [6.45, 7) is 0.274. The molecule has 1 heterocycles. The summed E-state index contributed by atoms with van der Waals surface area (Å²) in [5, 5.41) is 5.67. The van der Waals surface area contributed by atoms with E-state index in [-0.39, 0.29) is 31.2 Å². The standard InChI is InChI=1S/C24H26F4N2O3/c1-33-19-7-4-17(20(25)14-19)15-23(12-9-22(32)30-23)11-8-21(31)29-13-10-16-2-5-18(6-3-16)24(26,27)28/h2-7,14H,8-13,15H2,1H3,(H,29,31)(H,30,32). The van der Waals surface area contributed by atoms with Crippen molar-refractivity contribution >= 4 is 11.8 Å². The number of nitrogens with one attached hydrogen (secondary N) is 2. The van der Waals surface area contributed by atoms with Crippen LogP contribution in [0, 0.1) is 5.82 Å². The summed E-state index contributed by atoms with van der Waals surface area (Å²) in [7, 11) is 1.45. The Bertz CT molecular complexity index is 992. The molecule has 9 heteroatoms. The van der Waals surface area contributed by atoms with E-state index in [2.05, 4.69) is 10.6 Å². The molecule has 5 nitrogen and oxygen atoms in total. The highest BCUT2D eigenvalue weighted by atomic mass is 19.4. The Hall–Kier alpha value is -3.10. The van der Waals surface area contributed by atoms with Gasteiger partial charge in [-0.05, 0) is 55.0 Å². The number of amides is 2. The lowest BCUT2D eigenvalue weighted by Crippen LogP contribution is -2.44. The summed E-state index contributed by atoms with van der Waals surface area (Å²) in [4.78, 5) is 24.2. The number of carbonyl (C=O) groups is 2. The van der Waals surface area contributed by atoms with Gasteiger partial charge in [-0.3, -0.25) is 9.59 Å². The maximum Gasteiger partial charge on any atom is 0.416 e. The molecule has 0 spiro atoms. The van der Waals surface area contributed by atoms with Crippen LogP contribution in [0.5, 0.6) is 5.75 Å². The molecule has 33 heavy (non-hydrogen) atoms. The predicted molar refractivity (Wildman–Crippen MR) is 114 cm³/mol. The molecule has 0 radical (unpaired) electrons. The van der Waals surface area contributed by atoms with E-state index in [9.17, 15) is 27.2 Å². The molecule has 1 saturated heterocycles. The second-order valence-corrected chi connectivity index (χ2v) is 8.26. The van der Waals surface area contributed by atoms with Gasteiger partial charge in [0.2, 0.25) is 11.8 Å². The van der Waals surface area contributed by atoms with Crippen LogP contribution in [0.4, 0.5) is 17.6 Å². The molecule has 1 atom stereocenters. The second-order valence-electron chi connectivity index (χ2n) is 8.26. The third-order valence-corrected chi connectivity index (χ3v) is 5.87. The molecule has 1 aliphatic rings.